The van der Waals surface area contributed by atoms with E-state index in [4.69, 9.17) is 0 Å². The monoisotopic (exact) mass is 385 g/mol. The molecule has 2 aromatic carbocycles. The summed E-state index contributed by atoms with van der Waals surface area (Å²) >= 11 is 3.48. The maximum atomic E-state index is 13.4. The van der Waals surface area contributed by atoms with Crippen molar-refractivity contribution in [3.63, 3.8) is 0 Å². The first-order valence-corrected chi connectivity index (χ1v) is 8.98. The number of amides is 1. The maximum absolute atomic E-state index is 13.4. The summed E-state index contributed by atoms with van der Waals surface area (Å²) in [5, 5.41) is 0. The molecule has 0 aliphatic rings. The van der Waals surface area contributed by atoms with E-state index in [0.717, 1.165) is 39.0 Å². The zero-order valence-electron chi connectivity index (χ0n) is 15.0. The topological polar surface area (TPSA) is 20.3 Å². The van der Waals surface area contributed by atoms with Gasteiger partial charge in [0.15, 0.2) is 0 Å². The number of rotatable bonds is 4. The number of para-hydroxylation sites is 1. The van der Waals surface area contributed by atoms with Gasteiger partial charge in [-0.3, -0.25) is 9.69 Å². The summed E-state index contributed by atoms with van der Waals surface area (Å²) in [6.45, 7) is 10.2. The Labute approximate surface area is 153 Å². The van der Waals surface area contributed by atoms with Crippen molar-refractivity contribution in [1.82, 2.24) is 0 Å². The van der Waals surface area contributed by atoms with Crippen molar-refractivity contribution >= 4 is 27.5 Å². The van der Waals surface area contributed by atoms with Crippen LogP contribution in [0, 0.1) is 13.8 Å². The first-order chi connectivity index (χ1) is 11.4. The van der Waals surface area contributed by atoms with Crippen molar-refractivity contribution < 1.29 is 4.79 Å². The Morgan fingerprint density at radius 2 is 1.71 bits per heavy atom. The van der Waals surface area contributed by atoms with Gasteiger partial charge in [0.1, 0.15) is 0 Å². The molecule has 0 radical (unpaired) electrons. The van der Waals surface area contributed by atoms with Crippen LogP contribution in [0.25, 0.3) is 0 Å². The van der Waals surface area contributed by atoms with E-state index in [2.05, 4.69) is 29.8 Å². The summed E-state index contributed by atoms with van der Waals surface area (Å²) in [6.07, 6.45) is 0.916. The van der Waals surface area contributed by atoms with Gasteiger partial charge in [0.05, 0.1) is 5.69 Å². The summed E-state index contributed by atoms with van der Waals surface area (Å²) in [7, 11) is 0. The van der Waals surface area contributed by atoms with E-state index in [1.165, 1.54) is 5.57 Å². The lowest BCUT2D eigenvalue weighted by Gasteiger charge is -2.27. The number of hydrogen-bond acceptors (Lipinski definition) is 1. The number of allylic oxidation sites excluding steroid dienone is 2. The lowest BCUT2D eigenvalue weighted by atomic mass is 10.0. The second-order valence-corrected chi connectivity index (χ2v) is 7.02. The summed E-state index contributed by atoms with van der Waals surface area (Å²) < 4.78 is 0.912. The highest BCUT2D eigenvalue weighted by atomic mass is 79.9. The van der Waals surface area contributed by atoms with Gasteiger partial charge in [-0.1, -0.05) is 52.7 Å². The summed E-state index contributed by atoms with van der Waals surface area (Å²) in [5.41, 5.74) is 5.92. The van der Waals surface area contributed by atoms with E-state index in [-0.39, 0.29) is 5.91 Å². The van der Waals surface area contributed by atoms with Gasteiger partial charge in [-0.05, 0) is 63.4 Å². The fourth-order valence-electron chi connectivity index (χ4n) is 2.65. The van der Waals surface area contributed by atoms with E-state index in [9.17, 15) is 4.79 Å². The van der Waals surface area contributed by atoms with Crippen LogP contribution in [0.5, 0.6) is 0 Å². The molecule has 0 atom stereocenters. The molecule has 0 fully saturated rings. The molecular weight excluding hydrogens is 362 g/mol. The molecule has 0 heterocycles. The molecule has 0 N–H and O–H groups in total. The van der Waals surface area contributed by atoms with Crippen LogP contribution in [0.1, 0.15) is 48.7 Å². The average molecular weight is 386 g/mol. The van der Waals surface area contributed by atoms with Gasteiger partial charge in [0.2, 0.25) is 0 Å². The molecule has 1 amide bonds. The molecule has 0 aliphatic carbocycles. The van der Waals surface area contributed by atoms with E-state index in [1.54, 1.807) is 0 Å². The van der Waals surface area contributed by atoms with Crippen LogP contribution < -0.4 is 4.90 Å². The van der Waals surface area contributed by atoms with Crippen LogP contribution in [0.3, 0.4) is 0 Å². The Kier molecular flexibility index (Phi) is 6.00. The molecule has 2 rings (SSSR count). The van der Waals surface area contributed by atoms with Gasteiger partial charge in [-0.2, -0.15) is 0 Å². The highest BCUT2D eigenvalue weighted by molar-refractivity contribution is 9.10. The molecule has 3 heteroatoms. The molecule has 0 saturated carbocycles. The van der Waals surface area contributed by atoms with Gasteiger partial charge in [-0.15, -0.1) is 0 Å². The zero-order valence-corrected chi connectivity index (χ0v) is 16.6. The van der Waals surface area contributed by atoms with Crippen molar-refractivity contribution in [3.05, 3.63) is 74.9 Å². The molecule has 24 heavy (non-hydrogen) atoms. The van der Waals surface area contributed by atoms with E-state index < -0.39 is 0 Å². The molecule has 126 valence electrons. The minimum absolute atomic E-state index is 0.00778. The number of benzene rings is 2. The van der Waals surface area contributed by atoms with Crippen molar-refractivity contribution in [2.75, 3.05) is 4.90 Å². The third-order valence-corrected chi connectivity index (χ3v) is 4.97. The SMILES string of the molecule is CC/C(C)=C(\C)N(C(=O)c1cc(Br)ccc1C)c1ccccc1C. The Bertz CT molecular complexity index is 792. The van der Waals surface area contributed by atoms with Crippen molar-refractivity contribution in [2.45, 2.75) is 41.0 Å². The van der Waals surface area contributed by atoms with Crippen molar-refractivity contribution in [3.8, 4) is 0 Å². The third kappa shape index (κ3) is 3.78. The number of hydrogen-bond donors (Lipinski definition) is 0. The lowest BCUT2D eigenvalue weighted by Crippen LogP contribution is -2.31. The van der Waals surface area contributed by atoms with Gasteiger partial charge >= 0.3 is 0 Å². The van der Waals surface area contributed by atoms with E-state index in [0.29, 0.717) is 0 Å². The number of carbonyl (C=O) groups excluding carboxylic acids is 1. The van der Waals surface area contributed by atoms with Crippen molar-refractivity contribution in [1.29, 1.82) is 0 Å². The molecule has 0 aromatic heterocycles. The normalized spacial score (nSPS) is 11.9. The van der Waals surface area contributed by atoms with E-state index in [1.807, 2.05) is 68.1 Å². The Morgan fingerprint density at radius 1 is 1.04 bits per heavy atom. The minimum atomic E-state index is 0.00778. The highest BCUT2D eigenvalue weighted by Gasteiger charge is 2.23. The van der Waals surface area contributed by atoms with Crippen LogP contribution >= 0.6 is 15.9 Å². The zero-order chi connectivity index (χ0) is 17.9. The maximum Gasteiger partial charge on any atom is 0.262 e. The molecular formula is C21H24BrNO. The van der Waals surface area contributed by atoms with E-state index >= 15 is 0 Å². The number of nitrogens with zero attached hydrogens (tertiary/aromatic N) is 1. The highest BCUT2D eigenvalue weighted by Crippen LogP contribution is 2.29. The molecule has 0 aliphatic heterocycles. The first-order valence-electron chi connectivity index (χ1n) is 8.19. The minimum Gasteiger partial charge on any atom is -0.281 e. The lowest BCUT2D eigenvalue weighted by molar-refractivity contribution is 0.0994. The second kappa shape index (κ2) is 7.80. The van der Waals surface area contributed by atoms with Crippen LogP contribution in [0.2, 0.25) is 0 Å². The van der Waals surface area contributed by atoms with Gasteiger partial charge < -0.3 is 0 Å². The Balaban J connectivity index is 2.65. The summed E-state index contributed by atoms with van der Waals surface area (Å²) in [4.78, 5) is 15.3. The van der Waals surface area contributed by atoms with Crippen molar-refractivity contribution in [2.24, 2.45) is 0 Å². The second-order valence-electron chi connectivity index (χ2n) is 6.11. The molecule has 0 spiro atoms. The van der Waals surface area contributed by atoms with Crippen LogP contribution in [0.15, 0.2) is 58.2 Å². The summed E-state index contributed by atoms with van der Waals surface area (Å²) in [5.74, 6) is 0.00778. The fourth-order valence-corrected chi connectivity index (χ4v) is 3.01. The fraction of sp³-hybridized carbons (Fsp3) is 0.286. The average Bonchev–Trinajstić information content (AvgIpc) is 2.57. The van der Waals surface area contributed by atoms with Crippen LogP contribution in [0.4, 0.5) is 5.69 Å². The predicted molar refractivity (Wildman–Crippen MR) is 106 cm³/mol. The largest absolute Gasteiger partial charge is 0.281 e. The first kappa shape index (κ1) is 18.5. The quantitative estimate of drug-likeness (QED) is 0.594. The number of carbonyl (C=O) groups is 1. The Morgan fingerprint density at radius 3 is 2.33 bits per heavy atom. The molecule has 0 bridgehead atoms. The molecule has 0 unspecified atom stereocenters. The Hall–Kier alpha value is -1.87. The van der Waals surface area contributed by atoms with Crippen LogP contribution in [-0.4, -0.2) is 5.91 Å². The third-order valence-electron chi connectivity index (χ3n) is 4.47. The standard InChI is InChI=1S/C21H24BrNO/c1-6-14(2)17(5)23(20-10-8-7-9-16(20)4)21(24)19-13-18(22)12-11-15(19)3/h7-13H,6H2,1-5H3/b17-14+. The number of anilines is 1. The number of aryl methyl sites for hydroxylation is 2. The predicted octanol–water partition coefficient (Wildman–Crippen LogP) is 6.42. The molecule has 2 nitrogen and oxygen atoms in total. The van der Waals surface area contributed by atoms with Gasteiger partial charge in [0, 0.05) is 15.7 Å². The van der Waals surface area contributed by atoms with Crippen LogP contribution in [-0.2, 0) is 0 Å². The number of halogens is 1. The molecule has 0 saturated heterocycles. The summed E-state index contributed by atoms with van der Waals surface area (Å²) in [6, 6.07) is 13.9. The van der Waals surface area contributed by atoms with Gasteiger partial charge in [-0.25, -0.2) is 0 Å². The van der Waals surface area contributed by atoms with Gasteiger partial charge in [0.25, 0.3) is 5.91 Å². The molecule has 2 aromatic rings. The smallest absolute Gasteiger partial charge is 0.262 e.